The van der Waals surface area contributed by atoms with Crippen LogP contribution in [0.3, 0.4) is 0 Å². The highest BCUT2D eigenvalue weighted by molar-refractivity contribution is 6.01. The van der Waals surface area contributed by atoms with Gasteiger partial charge in [-0.05, 0) is 35.9 Å². The first-order valence-corrected chi connectivity index (χ1v) is 7.37. The molecule has 0 saturated carbocycles. The molecular weight excluding hydrogens is 312 g/mol. The SMILES string of the molecule is COc1ccc(C2=NO[C@H](CNc3ccc([N+](=O)[O-])cn3)C2)cc1. The van der Waals surface area contributed by atoms with Crippen LogP contribution >= 0.6 is 0 Å². The summed E-state index contributed by atoms with van der Waals surface area (Å²) in [5, 5.41) is 17.8. The van der Waals surface area contributed by atoms with Crippen molar-refractivity contribution in [3.8, 4) is 5.75 Å². The lowest BCUT2D eigenvalue weighted by molar-refractivity contribution is -0.385. The number of nitrogens with zero attached hydrogens (tertiary/aromatic N) is 3. The number of hydrogen-bond donors (Lipinski definition) is 1. The molecule has 2 heterocycles. The summed E-state index contributed by atoms with van der Waals surface area (Å²) < 4.78 is 5.13. The summed E-state index contributed by atoms with van der Waals surface area (Å²) >= 11 is 0. The predicted molar refractivity (Wildman–Crippen MR) is 88.4 cm³/mol. The van der Waals surface area contributed by atoms with Gasteiger partial charge in [-0.1, -0.05) is 5.16 Å². The lowest BCUT2D eigenvalue weighted by atomic mass is 10.0. The number of nitrogens with one attached hydrogen (secondary N) is 1. The zero-order valence-electron chi connectivity index (χ0n) is 13.0. The first kappa shape index (κ1) is 15.7. The third-order valence-electron chi connectivity index (χ3n) is 3.63. The lowest BCUT2D eigenvalue weighted by Gasteiger charge is -2.10. The van der Waals surface area contributed by atoms with Crippen molar-refractivity contribution in [1.82, 2.24) is 4.98 Å². The van der Waals surface area contributed by atoms with Crippen LogP contribution in [0.15, 0.2) is 47.8 Å². The van der Waals surface area contributed by atoms with Crippen molar-refractivity contribution in [3.63, 3.8) is 0 Å². The van der Waals surface area contributed by atoms with Gasteiger partial charge in [0.05, 0.1) is 24.3 Å². The van der Waals surface area contributed by atoms with Crippen LogP contribution in [0.25, 0.3) is 0 Å². The van der Waals surface area contributed by atoms with Crippen LogP contribution in [0, 0.1) is 10.1 Å². The number of ether oxygens (including phenoxy) is 1. The molecule has 1 aromatic heterocycles. The van der Waals surface area contributed by atoms with Crippen molar-refractivity contribution in [2.75, 3.05) is 19.0 Å². The van der Waals surface area contributed by atoms with E-state index < -0.39 is 4.92 Å². The van der Waals surface area contributed by atoms with Crippen LogP contribution in [0.5, 0.6) is 5.75 Å². The molecule has 1 aliphatic rings. The number of oxime groups is 1. The highest BCUT2D eigenvalue weighted by Gasteiger charge is 2.22. The highest BCUT2D eigenvalue weighted by Crippen LogP contribution is 2.20. The molecule has 2 aromatic rings. The van der Waals surface area contributed by atoms with Crippen LogP contribution in [0.1, 0.15) is 12.0 Å². The number of benzene rings is 1. The van der Waals surface area contributed by atoms with Crippen molar-refractivity contribution in [2.24, 2.45) is 5.16 Å². The minimum Gasteiger partial charge on any atom is -0.497 e. The number of hydrogen-bond acceptors (Lipinski definition) is 7. The van der Waals surface area contributed by atoms with Gasteiger partial charge in [-0.3, -0.25) is 10.1 Å². The molecule has 0 spiro atoms. The number of nitro groups is 1. The van der Waals surface area contributed by atoms with Crippen LogP contribution in [0.4, 0.5) is 11.5 Å². The molecule has 0 fully saturated rings. The van der Waals surface area contributed by atoms with Crippen LogP contribution in [0.2, 0.25) is 0 Å². The van der Waals surface area contributed by atoms with E-state index in [9.17, 15) is 10.1 Å². The van der Waals surface area contributed by atoms with Gasteiger partial charge in [0.15, 0.2) is 0 Å². The van der Waals surface area contributed by atoms with Gasteiger partial charge >= 0.3 is 0 Å². The maximum Gasteiger partial charge on any atom is 0.287 e. The third-order valence-corrected chi connectivity index (χ3v) is 3.63. The smallest absolute Gasteiger partial charge is 0.287 e. The van der Waals surface area contributed by atoms with Crippen molar-refractivity contribution in [1.29, 1.82) is 0 Å². The van der Waals surface area contributed by atoms with Crippen molar-refractivity contribution >= 4 is 17.2 Å². The molecular formula is C16H16N4O4. The number of pyridine rings is 1. The number of methoxy groups -OCH3 is 1. The van der Waals surface area contributed by atoms with Crippen LogP contribution < -0.4 is 10.1 Å². The molecule has 0 radical (unpaired) electrons. The Labute approximate surface area is 138 Å². The molecule has 0 bridgehead atoms. The van der Waals surface area contributed by atoms with Crippen LogP contribution in [-0.2, 0) is 4.84 Å². The Kier molecular flexibility index (Phi) is 4.55. The van der Waals surface area contributed by atoms with E-state index in [1.165, 1.54) is 12.3 Å². The Bertz CT molecular complexity index is 744. The van der Waals surface area contributed by atoms with E-state index in [1.54, 1.807) is 13.2 Å². The molecule has 8 nitrogen and oxygen atoms in total. The summed E-state index contributed by atoms with van der Waals surface area (Å²) in [5.74, 6) is 1.35. The average Bonchev–Trinajstić information content (AvgIpc) is 3.09. The summed E-state index contributed by atoms with van der Waals surface area (Å²) in [6.07, 6.45) is 1.78. The fourth-order valence-corrected chi connectivity index (χ4v) is 2.31. The largest absolute Gasteiger partial charge is 0.497 e. The van der Waals surface area contributed by atoms with Gasteiger partial charge in [0, 0.05) is 12.5 Å². The summed E-state index contributed by atoms with van der Waals surface area (Å²) in [6, 6.07) is 10.6. The molecule has 8 heteroatoms. The summed E-state index contributed by atoms with van der Waals surface area (Å²) in [5.41, 5.74) is 1.83. The molecule has 24 heavy (non-hydrogen) atoms. The van der Waals surface area contributed by atoms with E-state index in [2.05, 4.69) is 15.5 Å². The molecule has 0 amide bonds. The lowest BCUT2D eigenvalue weighted by Crippen LogP contribution is -2.20. The third kappa shape index (κ3) is 3.60. The van der Waals surface area contributed by atoms with E-state index in [0.29, 0.717) is 18.8 Å². The van der Waals surface area contributed by atoms with Gasteiger partial charge in [-0.25, -0.2) is 4.98 Å². The summed E-state index contributed by atoms with van der Waals surface area (Å²) in [4.78, 5) is 19.5. The quantitative estimate of drug-likeness (QED) is 0.646. The molecule has 0 unspecified atom stereocenters. The van der Waals surface area contributed by atoms with Crippen molar-refractivity contribution < 1.29 is 14.5 Å². The van der Waals surface area contributed by atoms with E-state index in [-0.39, 0.29) is 11.8 Å². The standard InChI is InChI=1S/C16H16N4O4/c1-23-13-5-2-11(3-6-13)15-8-14(24-19-15)10-18-16-7-4-12(9-17-16)20(21)22/h2-7,9,14H,8,10H2,1H3,(H,17,18)/t14-/m0/s1. The van der Waals surface area contributed by atoms with Gasteiger partial charge in [0.25, 0.3) is 5.69 Å². The van der Waals surface area contributed by atoms with Crippen molar-refractivity contribution in [3.05, 3.63) is 58.3 Å². The summed E-state index contributed by atoms with van der Waals surface area (Å²) in [7, 11) is 1.62. The Morgan fingerprint density at radius 3 is 2.75 bits per heavy atom. The predicted octanol–water partition coefficient (Wildman–Crippen LogP) is 2.60. The van der Waals surface area contributed by atoms with E-state index in [0.717, 1.165) is 17.0 Å². The Morgan fingerprint density at radius 2 is 2.12 bits per heavy atom. The van der Waals surface area contributed by atoms with Crippen molar-refractivity contribution in [2.45, 2.75) is 12.5 Å². The fourth-order valence-electron chi connectivity index (χ4n) is 2.31. The average molecular weight is 328 g/mol. The monoisotopic (exact) mass is 328 g/mol. The topological polar surface area (TPSA) is 98.9 Å². The van der Waals surface area contributed by atoms with Gasteiger partial charge in [0.2, 0.25) is 0 Å². The van der Waals surface area contributed by atoms with Gasteiger partial charge in [-0.2, -0.15) is 0 Å². The number of aromatic nitrogens is 1. The van der Waals surface area contributed by atoms with E-state index >= 15 is 0 Å². The minimum absolute atomic E-state index is 0.0391. The van der Waals surface area contributed by atoms with Crippen LogP contribution in [-0.4, -0.2) is 35.4 Å². The maximum absolute atomic E-state index is 10.6. The second-order valence-corrected chi connectivity index (χ2v) is 5.24. The second-order valence-electron chi connectivity index (χ2n) is 5.24. The van der Waals surface area contributed by atoms with Gasteiger partial charge < -0.3 is 14.9 Å². The minimum atomic E-state index is -0.480. The molecule has 1 aromatic carbocycles. The molecule has 1 aliphatic heterocycles. The molecule has 0 aliphatic carbocycles. The van der Waals surface area contributed by atoms with E-state index in [1.807, 2.05) is 24.3 Å². The highest BCUT2D eigenvalue weighted by atomic mass is 16.6. The zero-order valence-corrected chi connectivity index (χ0v) is 13.0. The Morgan fingerprint density at radius 1 is 1.33 bits per heavy atom. The van der Waals surface area contributed by atoms with Gasteiger partial charge in [-0.15, -0.1) is 0 Å². The number of rotatable bonds is 6. The molecule has 1 N–H and O–H groups in total. The normalized spacial score (nSPS) is 16.2. The zero-order chi connectivity index (χ0) is 16.9. The fraction of sp³-hybridized carbons (Fsp3) is 0.250. The summed E-state index contributed by atoms with van der Waals surface area (Å²) in [6.45, 7) is 0.508. The molecule has 3 rings (SSSR count). The molecule has 124 valence electrons. The maximum atomic E-state index is 10.6. The Hall–Kier alpha value is -3.16. The van der Waals surface area contributed by atoms with E-state index in [4.69, 9.17) is 9.57 Å². The first-order chi connectivity index (χ1) is 11.7. The molecule has 1 atom stereocenters. The molecule has 0 saturated heterocycles. The first-order valence-electron chi connectivity index (χ1n) is 7.37. The Balaban J connectivity index is 1.52. The second kappa shape index (κ2) is 6.95. The van der Waals surface area contributed by atoms with Gasteiger partial charge in [0.1, 0.15) is 23.9 Å². The number of anilines is 1.